The minimum absolute atomic E-state index is 1.35. The smallest absolute Gasteiger partial charge is 0.198 e. The van der Waals surface area contributed by atoms with E-state index in [2.05, 4.69) is 73.1 Å². The van der Waals surface area contributed by atoms with Crippen molar-refractivity contribution in [3.63, 3.8) is 0 Å². The van der Waals surface area contributed by atoms with E-state index in [0.29, 0.717) is 0 Å². The molecular formula is C20H28N+. The van der Waals surface area contributed by atoms with Gasteiger partial charge in [-0.2, -0.15) is 4.57 Å². The van der Waals surface area contributed by atoms with Crippen LogP contribution in [0.5, 0.6) is 0 Å². The molecule has 1 aromatic carbocycles. The fraction of sp³-hybridized carbons (Fsp3) is 0.450. The number of hydrogen-bond donors (Lipinski definition) is 0. The summed E-state index contributed by atoms with van der Waals surface area (Å²) in [5.41, 5.74) is 13.9. The highest BCUT2D eigenvalue weighted by Gasteiger charge is 2.23. The summed E-state index contributed by atoms with van der Waals surface area (Å²) < 4.78 is 2.36. The van der Waals surface area contributed by atoms with Crippen molar-refractivity contribution >= 4 is 0 Å². The van der Waals surface area contributed by atoms with Gasteiger partial charge in [0.05, 0.1) is 0 Å². The predicted octanol–water partition coefficient (Wildman–Crippen LogP) is 4.65. The molecule has 0 amide bonds. The van der Waals surface area contributed by atoms with Crippen molar-refractivity contribution in [2.45, 2.75) is 55.4 Å². The molecule has 0 unspecified atom stereocenters. The SMILES string of the molecule is Cc1cc(-c2c(C)c(C)c(C)c(C)[n+]2C)c(C)c(C)c1C. The highest BCUT2D eigenvalue weighted by molar-refractivity contribution is 5.69. The lowest BCUT2D eigenvalue weighted by Crippen LogP contribution is -2.37. The summed E-state index contributed by atoms with van der Waals surface area (Å²) in [6.45, 7) is 17.9. The number of hydrogen-bond acceptors (Lipinski definition) is 0. The molecule has 0 aliphatic rings. The first-order valence-electron chi connectivity index (χ1n) is 7.72. The zero-order valence-corrected chi connectivity index (χ0v) is 15.0. The number of aryl methyl sites for hydroxylation is 1. The molecule has 1 heteroatoms. The van der Waals surface area contributed by atoms with Crippen molar-refractivity contribution < 1.29 is 4.57 Å². The zero-order chi connectivity index (χ0) is 16.1. The van der Waals surface area contributed by atoms with Gasteiger partial charge < -0.3 is 0 Å². The van der Waals surface area contributed by atoms with E-state index >= 15 is 0 Å². The van der Waals surface area contributed by atoms with E-state index in [9.17, 15) is 0 Å². The Morgan fingerprint density at radius 1 is 0.619 bits per heavy atom. The van der Waals surface area contributed by atoms with Crippen molar-refractivity contribution in [3.05, 3.63) is 50.7 Å². The Kier molecular flexibility index (Phi) is 3.97. The normalized spacial score (nSPS) is 11.1. The first-order valence-corrected chi connectivity index (χ1v) is 7.72. The summed E-state index contributed by atoms with van der Waals surface area (Å²) in [4.78, 5) is 0. The lowest BCUT2D eigenvalue weighted by molar-refractivity contribution is -0.667. The van der Waals surface area contributed by atoms with Crippen molar-refractivity contribution in [1.82, 2.24) is 0 Å². The van der Waals surface area contributed by atoms with E-state index in [1.54, 1.807) is 0 Å². The maximum Gasteiger partial charge on any atom is 0.215 e. The Morgan fingerprint density at radius 2 is 1.14 bits per heavy atom. The highest BCUT2D eigenvalue weighted by atomic mass is 14.9. The fourth-order valence-corrected chi connectivity index (χ4v) is 3.24. The van der Waals surface area contributed by atoms with Crippen LogP contribution in [0.15, 0.2) is 6.07 Å². The number of nitrogens with zero attached hydrogens (tertiary/aromatic N) is 1. The molecule has 0 aliphatic heterocycles. The van der Waals surface area contributed by atoms with Crippen LogP contribution < -0.4 is 4.57 Å². The molecule has 1 aromatic heterocycles. The average Bonchev–Trinajstić information content (AvgIpc) is 2.46. The summed E-state index contributed by atoms with van der Waals surface area (Å²) >= 11 is 0. The van der Waals surface area contributed by atoms with Crippen LogP contribution in [0.25, 0.3) is 11.3 Å². The molecule has 0 spiro atoms. The van der Waals surface area contributed by atoms with E-state index in [-0.39, 0.29) is 0 Å². The van der Waals surface area contributed by atoms with Crippen LogP contribution in [0.1, 0.15) is 44.6 Å². The van der Waals surface area contributed by atoms with Gasteiger partial charge in [0.2, 0.25) is 5.69 Å². The third-order valence-corrected chi connectivity index (χ3v) is 5.60. The van der Waals surface area contributed by atoms with Gasteiger partial charge in [0.15, 0.2) is 5.69 Å². The van der Waals surface area contributed by atoms with Crippen LogP contribution in [-0.4, -0.2) is 0 Å². The second-order valence-electron chi connectivity index (χ2n) is 6.48. The molecule has 1 nitrogen and oxygen atoms in total. The van der Waals surface area contributed by atoms with Crippen molar-refractivity contribution in [1.29, 1.82) is 0 Å². The molecule has 21 heavy (non-hydrogen) atoms. The highest BCUT2D eigenvalue weighted by Crippen LogP contribution is 2.31. The largest absolute Gasteiger partial charge is 0.215 e. The Hall–Kier alpha value is -1.63. The monoisotopic (exact) mass is 282 g/mol. The van der Waals surface area contributed by atoms with Gasteiger partial charge in [-0.25, -0.2) is 0 Å². The second kappa shape index (κ2) is 5.29. The maximum atomic E-state index is 2.36. The molecule has 0 fully saturated rings. The number of aromatic nitrogens is 1. The number of rotatable bonds is 1. The number of benzene rings is 1. The molecule has 0 bridgehead atoms. The lowest BCUT2D eigenvalue weighted by atomic mass is 9.89. The van der Waals surface area contributed by atoms with Crippen LogP contribution >= 0.6 is 0 Å². The Morgan fingerprint density at radius 3 is 1.71 bits per heavy atom. The van der Waals surface area contributed by atoms with Gasteiger partial charge in [-0.15, -0.1) is 0 Å². The third-order valence-electron chi connectivity index (χ3n) is 5.60. The summed E-state index contributed by atoms with van der Waals surface area (Å²) in [7, 11) is 2.19. The topological polar surface area (TPSA) is 3.88 Å². The standard InChI is InChI=1S/C20H28N/c1-11-10-19(16(6)13(3)12(11)2)20-17(7)14(4)15(5)18(8)21(20)9/h10H,1-9H3/q+1. The molecule has 2 aromatic rings. The second-order valence-corrected chi connectivity index (χ2v) is 6.48. The molecule has 0 aliphatic carbocycles. The van der Waals surface area contributed by atoms with E-state index in [1.807, 2.05) is 0 Å². The summed E-state index contributed by atoms with van der Waals surface area (Å²) in [5.74, 6) is 0. The molecule has 0 N–H and O–H groups in total. The van der Waals surface area contributed by atoms with Crippen LogP contribution in [0.4, 0.5) is 0 Å². The molecule has 0 saturated carbocycles. The van der Waals surface area contributed by atoms with Gasteiger partial charge in [0.1, 0.15) is 7.05 Å². The van der Waals surface area contributed by atoms with Crippen molar-refractivity contribution in [2.24, 2.45) is 7.05 Å². The first kappa shape index (κ1) is 15.8. The van der Waals surface area contributed by atoms with Gasteiger partial charge in [-0.1, -0.05) is 0 Å². The van der Waals surface area contributed by atoms with Gasteiger partial charge in [0.25, 0.3) is 0 Å². The van der Waals surface area contributed by atoms with Gasteiger partial charge >= 0.3 is 0 Å². The quantitative estimate of drug-likeness (QED) is 0.671. The molecule has 112 valence electrons. The van der Waals surface area contributed by atoms with Crippen molar-refractivity contribution in [3.8, 4) is 11.3 Å². The zero-order valence-electron chi connectivity index (χ0n) is 15.0. The van der Waals surface area contributed by atoms with E-state index in [4.69, 9.17) is 0 Å². The Balaban J connectivity index is 2.93. The predicted molar refractivity (Wildman–Crippen MR) is 91.0 cm³/mol. The van der Waals surface area contributed by atoms with Crippen LogP contribution in [0.2, 0.25) is 0 Å². The molecule has 0 radical (unpaired) electrons. The average molecular weight is 282 g/mol. The van der Waals surface area contributed by atoms with E-state index in [0.717, 1.165) is 0 Å². The Labute approximate surface area is 129 Å². The molecule has 0 saturated heterocycles. The summed E-state index contributed by atoms with van der Waals surface area (Å²) in [6.07, 6.45) is 0. The van der Waals surface area contributed by atoms with Crippen molar-refractivity contribution in [2.75, 3.05) is 0 Å². The maximum absolute atomic E-state index is 2.36. The van der Waals surface area contributed by atoms with Gasteiger partial charge in [0, 0.05) is 23.6 Å². The fourth-order valence-electron chi connectivity index (χ4n) is 3.24. The summed E-state index contributed by atoms with van der Waals surface area (Å²) in [5, 5.41) is 0. The van der Waals surface area contributed by atoms with Crippen LogP contribution in [-0.2, 0) is 7.05 Å². The first-order chi connectivity index (χ1) is 9.68. The minimum Gasteiger partial charge on any atom is -0.198 e. The third kappa shape index (κ3) is 2.29. The Bertz CT molecular complexity index is 707. The lowest BCUT2D eigenvalue weighted by Gasteiger charge is -2.17. The molecule has 1 heterocycles. The van der Waals surface area contributed by atoms with E-state index in [1.165, 1.54) is 55.9 Å². The van der Waals surface area contributed by atoms with E-state index < -0.39 is 0 Å². The van der Waals surface area contributed by atoms with Gasteiger partial charge in [-0.05, 0) is 82.3 Å². The van der Waals surface area contributed by atoms with Crippen LogP contribution in [0.3, 0.4) is 0 Å². The molecule has 0 atom stereocenters. The van der Waals surface area contributed by atoms with Crippen LogP contribution in [0, 0.1) is 55.4 Å². The number of pyridine rings is 1. The molecular weight excluding hydrogens is 254 g/mol. The summed E-state index contributed by atoms with van der Waals surface area (Å²) in [6, 6.07) is 2.36. The minimum atomic E-state index is 1.35. The molecule has 2 rings (SSSR count). The van der Waals surface area contributed by atoms with Gasteiger partial charge in [-0.3, -0.25) is 0 Å².